The van der Waals surface area contributed by atoms with E-state index in [0.717, 1.165) is 28.9 Å². The molecule has 2 aromatic rings. The lowest BCUT2D eigenvalue weighted by atomic mass is 10.2. The van der Waals surface area contributed by atoms with Gasteiger partial charge in [-0.3, -0.25) is 0 Å². The van der Waals surface area contributed by atoms with E-state index < -0.39 is 0 Å². The fourth-order valence-corrected chi connectivity index (χ4v) is 2.80. The average Bonchev–Trinajstić information content (AvgIpc) is 2.87. The molecule has 0 aliphatic rings. The number of hydrogen-bond acceptors (Lipinski definition) is 6. The Morgan fingerprint density at radius 3 is 2.74 bits per heavy atom. The van der Waals surface area contributed by atoms with E-state index in [2.05, 4.69) is 33.6 Å². The Kier molecular flexibility index (Phi) is 4.55. The zero-order chi connectivity index (χ0) is 13.8. The molecular weight excluding hydrogens is 260 g/mol. The molecule has 0 saturated heterocycles. The van der Waals surface area contributed by atoms with Crippen LogP contribution in [0, 0.1) is 0 Å². The lowest BCUT2D eigenvalue weighted by Gasteiger charge is -2.15. The Bertz CT molecular complexity index is 551. The summed E-state index contributed by atoms with van der Waals surface area (Å²) in [5.41, 5.74) is 0. The van der Waals surface area contributed by atoms with Gasteiger partial charge in [0.2, 0.25) is 5.95 Å². The van der Waals surface area contributed by atoms with Gasteiger partial charge >= 0.3 is 0 Å². The number of aryl methyl sites for hydroxylation is 1. The van der Waals surface area contributed by atoms with Crippen molar-refractivity contribution in [1.29, 1.82) is 0 Å². The van der Waals surface area contributed by atoms with E-state index in [-0.39, 0.29) is 12.6 Å². The van der Waals surface area contributed by atoms with Crippen LogP contribution in [0.1, 0.15) is 25.1 Å². The van der Waals surface area contributed by atoms with Gasteiger partial charge < -0.3 is 15.7 Å². The fraction of sp³-hybridized carbons (Fsp3) is 0.538. The zero-order valence-electron chi connectivity index (χ0n) is 11.5. The summed E-state index contributed by atoms with van der Waals surface area (Å²) in [6.07, 6.45) is 1.84. The number of rotatable bonds is 6. The molecule has 0 aromatic carbocycles. The molecule has 5 nitrogen and oxygen atoms in total. The van der Waals surface area contributed by atoms with Gasteiger partial charge in [-0.15, -0.1) is 11.3 Å². The third-order valence-corrected chi connectivity index (χ3v) is 4.24. The van der Waals surface area contributed by atoms with Gasteiger partial charge in [-0.1, -0.05) is 13.8 Å². The minimum Gasteiger partial charge on any atom is -0.394 e. The van der Waals surface area contributed by atoms with Crippen LogP contribution in [0.15, 0.2) is 6.07 Å². The Balaban J connectivity index is 2.46. The van der Waals surface area contributed by atoms with Gasteiger partial charge in [0.1, 0.15) is 10.6 Å². The normalized spacial score (nSPS) is 12.6. The van der Waals surface area contributed by atoms with Crippen LogP contribution < -0.4 is 10.6 Å². The van der Waals surface area contributed by atoms with Crippen molar-refractivity contribution in [1.82, 2.24) is 9.97 Å². The van der Waals surface area contributed by atoms with E-state index in [1.54, 1.807) is 11.3 Å². The van der Waals surface area contributed by atoms with Crippen molar-refractivity contribution in [3.63, 3.8) is 0 Å². The van der Waals surface area contributed by atoms with Gasteiger partial charge in [-0.25, -0.2) is 4.98 Å². The van der Waals surface area contributed by atoms with Gasteiger partial charge in [0.05, 0.1) is 18.0 Å². The van der Waals surface area contributed by atoms with Crippen LogP contribution in [0.25, 0.3) is 10.2 Å². The molecule has 2 rings (SSSR count). The maximum Gasteiger partial charge on any atom is 0.225 e. The van der Waals surface area contributed by atoms with E-state index in [1.165, 1.54) is 4.88 Å². The highest BCUT2D eigenvalue weighted by Gasteiger charge is 2.13. The highest BCUT2D eigenvalue weighted by Crippen LogP contribution is 2.30. The molecule has 2 heterocycles. The monoisotopic (exact) mass is 280 g/mol. The average molecular weight is 280 g/mol. The first-order valence-electron chi connectivity index (χ1n) is 6.57. The number of fused-ring (bicyclic) bond motifs is 1. The molecule has 0 fully saturated rings. The maximum absolute atomic E-state index is 9.32. The summed E-state index contributed by atoms with van der Waals surface area (Å²) in [7, 11) is 1.81. The largest absolute Gasteiger partial charge is 0.394 e. The van der Waals surface area contributed by atoms with Gasteiger partial charge in [-0.05, 0) is 18.9 Å². The zero-order valence-corrected chi connectivity index (χ0v) is 12.3. The van der Waals surface area contributed by atoms with Gasteiger partial charge in [-0.2, -0.15) is 4.98 Å². The van der Waals surface area contributed by atoms with E-state index in [9.17, 15) is 5.11 Å². The standard InChI is InChI=1S/C13H20N4OS/c1-4-8(7-18)15-11-10-6-9(5-2)19-12(10)17-13(14-3)16-11/h6,8,18H,4-5,7H2,1-3H3,(H2,14,15,16,17). The number of anilines is 2. The molecular formula is C13H20N4OS. The van der Waals surface area contributed by atoms with Crippen LogP contribution in [0.4, 0.5) is 11.8 Å². The molecule has 3 N–H and O–H groups in total. The lowest BCUT2D eigenvalue weighted by Crippen LogP contribution is -2.23. The molecule has 1 atom stereocenters. The van der Waals surface area contributed by atoms with Gasteiger partial charge in [0, 0.05) is 11.9 Å². The summed E-state index contributed by atoms with van der Waals surface area (Å²) >= 11 is 1.69. The Hall–Kier alpha value is -1.40. The Labute approximate surface area is 117 Å². The number of aliphatic hydroxyl groups excluding tert-OH is 1. The van der Waals surface area contributed by atoms with Gasteiger partial charge in [0.15, 0.2) is 0 Å². The lowest BCUT2D eigenvalue weighted by molar-refractivity contribution is 0.271. The number of nitrogens with zero attached hydrogens (tertiary/aromatic N) is 2. The molecule has 0 aliphatic carbocycles. The molecule has 0 spiro atoms. The van der Waals surface area contributed by atoms with Crippen LogP contribution in [0.2, 0.25) is 0 Å². The van der Waals surface area contributed by atoms with E-state index in [4.69, 9.17) is 0 Å². The highest BCUT2D eigenvalue weighted by atomic mass is 32.1. The molecule has 1 unspecified atom stereocenters. The summed E-state index contributed by atoms with van der Waals surface area (Å²) in [5.74, 6) is 1.40. The summed E-state index contributed by atoms with van der Waals surface area (Å²) in [6.45, 7) is 4.27. The van der Waals surface area contributed by atoms with Crippen molar-refractivity contribution in [3.05, 3.63) is 10.9 Å². The maximum atomic E-state index is 9.32. The van der Waals surface area contributed by atoms with Crippen molar-refractivity contribution in [2.24, 2.45) is 0 Å². The van der Waals surface area contributed by atoms with E-state index in [0.29, 0.717) is 5.95 Å². The molecule has 104 valence electrons. The molecule has 2 aromatic heterocycles. The van der Waals surface area contributed by atoms with E-state index in [1.807, 2.05) is 14.0 Å². The topological polar surface area (TPSA) is 70.1 Å². The summed E-state index contributed by atoms with van der Waals surface area (Å²) in [5, 5.41) is 16.6. The third-order valence-electron chi connectivity index (χ3n) is 3.07. The minimum atomic E-state index is 0.0211. The number of aliphatic hydroxyl groups is 1. The predicted octanol–water partition coefficient (Wildman–Crippen LogP) is 2.48. The minimum absolute atomic E-state index is 0.0211. The first kappa shape index (κ1) is 14.0. The fourth-order valence-electron chi connectivity index (χ4n) is 1.84. The smallest absolute Gasteiger partial charge is 0.225 e. The highest BCUT2D eigenvalue weighted by molar-refractivity contribution is 7.18. The molecule has 0 bridgehead atoms. The third kappa shape index (κ3) is 2.96. The molecule has 0 saturated carbocycles. The molecule has 19 heavy (non-hydrogen) atoms. The second kappa shape index (κ2) is 6.16. The summed E-state index contributed by atoms with van der Waals surface area (Å²) < 4.78 is 0. The second-order valence-corrected chi connectivity index (χ2v) is 5.48. The SMILES string of the molecule is CCc1cc2c(NC(CC)CO)nc(NC)nc2s1. The molecule has 0 radical (unpaired) electrons. The van der Waals surface area contributed by atoms with Crippen molar-refractivity contribution in [2.45, 2.75) is 32.7 Å². The number of nitrogens with one attached hydrogen (secondary N) is 2. The van der Waals surface area contributed by atoms with Crippen LogP contribution in [-0.2, 0) is 6.42 Å². The van der Waals surface area contributed by atoms with Crippen molar-refractivity contribution in [3.8, 4) is 0 Å². The first-order valence-corrected chi connectivity index (χ1v) is 7.39. The van der Waals surface area contributed by atoms with Crippen molar-refractivity contribution in [2.75, 3.05) is 24.3 Å². The molecule has 0 aliphatic heterocycles. The van der Waals surface area contributed by atoms with Crippen LogP contribution in [-0.4, -0.2) is 34.8 Å². The van der Waals surface area contributed by atoms with Crippen LogP contribution in [0.5, 0.6) is 0 Å². The predicted molar refractivity (Wildman–Crippen MR) is 81.1 cm³/mol. The molecule has 0 amide bonds. The quantitative estimate of drug-likeness (QED) is 0.758. The van der Waals surface area contributed by atoms with Crippen molar-refractivity contribution >= 4 is 33.3 Å². The second-order valence-electron chi connectivity index (χ2n) is 4.36. The summed E-state index contributed by atoms with van der Waals surface area (Å²) in [6, 6.07) is 2.15. The number of thiophene rings is 1. The summed E-state index contributed by atoms with van der Waals surface area (Å²) in [4.78, 5) is 11.2. The first-order chi connectivity index (χ1) is 9.21. The Morgan fingerprint density at radius 2 is 2.16 bits per heavy atom. The van der Waals surface area contributed by atoms with Crippen molar-refractivity contribution < 1.29 is 5.11 Å². The Morgan fingerprint density at radius 1 is 1.37 bits per heavy atom. The van der Waals surface area contributed by atoms with Gasteiger partial charge in [0.25, 0.3) is 0 Å². The molecule has 6 heteroatoms. The number of aromatic nitrogens is 2. The van der Waals surface area contributed by atoms with Crippen LogP contribution >= 0.6 is 11.3 Å². The van der Waals surface area contributed by atoms with E-state index >= 15 is 0 Å². The number of hydrogen-bond donors (Lipinski definition) is 3. The van der Waals surface area contributed by atoms with Crippen LogP contribution in [0.3, 0.4) is 0 Å².